The summed E-state index contributed by atoms with van der Waals surface area (Å²) in [6.45, 7) is 5.41. The molecule has 41 heavy (non-hydrogen) atoms. The van der Waals surface area contributed by atoms with Gasteiger partial charge in [0.25, 0.3) is 11.6 Å². The average molecular weight is 582 g/mol. The summed E-state index contributed by atoms with van der Waals surface area (Å²) in [5.74, 6) is 0.734. The molecule has 2 aliphatic rings. The van der Waals surface area contributed by atoms with Crippen molar-refractivity contribution in [2.24, 2.45) is 0 Å². The zero-order chi connectivity index (χ0) is 29.1. The normalized spacial score (nSPS) is 15.4. The van der Waals surface area contributed by atoms with Crippen molar-refractivity contribution in [3.63, 3.8) is 0 Å². The van der Waals surface area contributed by atoms with Gasteiger partial charge in [-0.3, -0.25) is 14.9 Å². The lowest BCUT2D eigenvalue weighted by molar-refractivity contribution is -0.383. The van der Waals surface area contributed by atoms with Crippen molar-refractivity contribution in [1.29, 1.82) is 0 Å². The standard InChI is InChI=1S/C28H32ClN7O5/c1-17-22(35-10-8-34(2)9-11-35)6-7-23(36(38)39)26(17)33-28-30-14-21(15-31-28)41-16-19-12-18(13-24(40-3)25(19)29)27(37)32-20-4-5-20/h6-7,12-15,20H,4-5,8-11,16H2,1-3H3,(H,32,37)(H,30,31,33). The molecule has 12 nitrogen and oxygen atoms in total. The zero-order valence-corrected chi connectivity index (χ0v) is 23.9. The lowest BCUT2D eigenvalue weighted by atomic mass is 10.1. The van der Waals surface area contributed by atoms with Crippen LogP contribution >= 0.6 is 11.6 Å². The Hall–Kier alpha value is -4.16. The van der Waals surface area contributed by atoms with Crippen LogP contribution in [0, 0.1) is 17.0 Å². The number of carbonyl (C=O) groups is 1. The van der Waals surface area contributed by atoms with E-state index in [2.05, 4.69) is 37.4 Å². The number of methoxy groups -OCH3 is 1. The van der Waals surface area contributed by atoms with E-state index in [0.29, 0.717) is 33.3 Å². The molecule has 2 fully saturated rings. The summed E-state index contributed by atoms with van der Waals surface area (Å²) in [7, 11) is 3.57. The number of nitro benzene ring substituents is 1. The smallest absolute Gasteiger partial charge is 0.293 e. The fourth-order valence-corrected chi connectivity index (χ4v) is 4.89. The topological polar surface area (TPSA) is 135 Å². The van der Waals surface area contributed by atoms with Gasteiger partial charge in [-0.05, 0) is 45.0 Å². The molecule has 5 rings (SSSR count). The maximum atomic E-state index is 12.6. The van der Waals surface area contributed by atoms with Crippen molar-refractivity contribution in [2.45, 2.75) is 32.4 Å². The summed E-state index contributed by atoms with van der Waals surface area (Å²) in [5, 5.41) is 18.1. The Bertz CT molecular complexity index is 1440. The third kappa shape index (κ3) is 6.60. The quantitative estimate of drug-likeness (QED) is 0.263. The molecule has 1 saturated carbocycles. The maximum Gasteiger partial charge on any atom is 0.293 e. The Balaban J connectivity index is 1.30. The van der Waals surface area contributed by atoms with Crippen LogP contribution in [0.1, 0.15) is 34.3 Å². The van der Waals surface area contributed by atoms with Gasteiger partial charge in [0.2, 0.25) is 5.95 Å². The van der Waals surface area contributed by atoms with Crippen LogP contribution in [0.2, 0.25) is 5.02 Å². The molecule has 0 radical (unpaired) electrons. The van der Waals surface area contributed by atoms with E-state index in [1.54, 1.807) is 18.2 Å². The predicted octanol–water partition coefficient (Wildman–Crippen LogP) is 4.32. The third-order valence-corrected chi connectivity index (χ3v) is 7.65. The first-order chi connectivity index (χ1) is 19.7. The monoisotopic (exact) mass is 581 g/mol. The number of amides is 1. The number of aromatic nitrogens is 2. The van der Waals surface area contributed by atoms with E-state index in [9.17, 15) is 14.9 Å². The molecule has 13 heteroatoms. The van der Waals surface area contributed by atoms with Crippen molar-refractivity contribution >= 4 is 40.5 Å². The Kier molecular flexibility index (Phi) is 8.41. The molecule has 0 bridgehead atoms. The fourth-order valence-electron chi connectivity index (χ4n) is 4.65. The predicted molar refractivity (Wildman–Crippen MR) is 156 cm³/mol. The van der Waals surface area contributed by atoms with Gasteiger partial charge < -0.3 is 29.9 Å². The van der Waals surface area contributed by atoms with Crippen molar-refractivity contribution in [3.05, 3.63) is 68.5 Å². The Morgan fingerprint density at radius 2 is 1.88 bits per heavy atom. The zero-order valence-electron chi connectivity index (χ0n) is 23.1. The molecule has 2 N–H and O–H groups in total. The molecule has 3 aromatic rings. The van der Waals surface area contributed by atoms with Gasteiger partial charge in [0.15, 0.2) is 5.75 Å². The van der Waals surface area contributed by atoms with Crippen molar-refractivity contribution in [1.82, 2.24) is 20.2 Å². The number of carbonyl (C=O) groups excluding carboxylic acids is 1. The number of piperazine rings is 1. The minimum absolute atomic E-state index is 0.0491. The summed E-state index contributed by atoms with van der Waals surface area (Å²) in [6, 6.07) is 6.80. The number of nitrogens with zero attached hydrogens (tertiary/aromatic N) is 5. The van der Waals surface area contributed by atoms with Gasteiger partial charge in [0.1, 0.15) is 18.0 Å². The molecule has 1 aliphatic heterocycles. The third-order valence-electron chi connectivity index (χ3n) is 7.22. The van der Waals surface area contributed by atoms with E-state index in [0.717, 1.165) is 50.3 Å². The Morgan fingerprint density at radius 3 is 2.51 bits per heavy atom. The molecule has 216 valence electrons. The van der Waals surface area contributed by atoms with Crippen molar-refractivity contribution < 1.29 is 19.2 Å². The highest BCUT2D eigenvalue weighted by molar-refractivity contribution is 6.33. The number of anilines is 3. The minimum Gasteiger partial charge on any atom is -0.495 e. The van der Waals surface area contributed by atoms with Gasteiger partial charge in [0.05, 0.1) is 29.4 Å². The molecule has 0 unspecified atom stereocenters. The number of hydrogen-bond donors (Lipinski definition) is 2. The number of halogens is 1. The molecule has 2 aromatic carbocycles. The first-order valence-electron chi connectivity index (χ1n) is 13.3. The van der Waals surface area contributed by atoms with Gasteiger partial charge >= 0.3 is 0 Å². The van der Waals surface area contributed by atoms with Gasteiger partial charge in [-0.2, -0.15) is 0 Å². The SMILES string of the molecule is COc1cc(C(=O)NC2CC2)cc(COc2cnc(Nc3c([N+](=O)[O-])ccc(N4CCN(C)CC4)c3C)nc2)c1Cl. The van der Waals surface area contributed by atoms with Crippen LogP contribution < -0.4 is 25.0 Å². The highest BCUT2D eigenvalue weighted by Gasteiger charge is 2.26. The highest BCUT2D eigenvalue weighted by atomic mass is 35.5. The van der Waals surface area contributed by atoms with E-state index in [1.807, 2.05) is 6.92 Å². The van der Waals surface area contributed by atoms with Crippen LogP contribution in [-0.2, 0) is 6.61 Å². The molecule has 1 saturated heterocycles. The molecule has 2 heterocycles. The van der Waals surface area contributed by atoms with Gasteiger partial charge in [-0.25, -0.2) is 9.97 Å². The summed E-state index contributed by atoms with van der Waals surface area (Å²) < 4.78 is 11.2. The van der Waals surface area contributed by atoms with Crippen molar-refractivity contribution in [3.8, 4) is 11.5 Å². The average Bonchev–Trinajstić information content (AvgIpc) is 3.78. The molecule has 1 amide bonds. The molecular weight excluding hydrogens is 550 g/mol. The second kappa shape index (κ2) is 12.1. The fraction of sp³-hybridized carbons (Fsp3) is 0.393. The summed E-state index contributed by atoms with van der Waals surface area (Å²) in [6.07, 6.45) is 4.89. The minimum atomic E-state index is -0.419. The lowest BCUT2D eigenvalue weighted by Crippen LogP contribution is -2.44. The van der Waals surface area contributed by atoms with Crippen LogP contribution in [0.3, 0.4) is 0 Å². The number of benzene rings is 2. The second-order valence-corrected chi connectivity index (χ2v) is 10.6. The number of ether oxygens (including phenoxy) is 2. The number of nitro groups is 1. The largest absolute Gasteiger partial charge is 0.495 e. The highest BCUT2D eigenvalue weighted by Crippen LogP contribution is 2.37. The molecule has 0 atom stereocenters. The van der Waals surface area contributed by atoms with E-state index >= 15 is 0 Å². The number of nitrogens with one attached hydrogen (secondary N) is 2. The molecular formula is C28H32ClN7O5. The van der Waals surface area contributed by atoms with Gasteiger partial charge in [-0.15, -0.1) is 0 Å². The maximum absolute atomic E-state index is 12.6. The van der Waals surface area contributed by atoms with Crippen LogP contribution in [0.25, 0.3) is 0 Å². The number of hydrogen-bond acceptors (Lipinski definition) is 10. The first-order valence-corrected chi connectivity index (χ1v) is 13.7. The van der Waals surface area contributed by atoms with E-state index in [4.69, 9.17) is 21.1 Å². The Morgan fingerprint density at radius 1 is 1.17 bits per heavy atom. The lowest BCUT2D eigenvalue weighted by Gasteiger charge is -2.35. The molecule has 1 aliphatic carbocycles. The first kappa shape index (κ1) is 28.4. The van der Waals surface area contributed by atoms with Gasteiger partial charge in [-0.1, -0.05) is 11.6 Å². The summed E-state index contributed by atoms with van der Waals surface area (Å²) in [5.41, 5.74) is 2.98. The summed E-state index contributed by atoms with van der Waals surface area (Å²) >= 11 is 6.48. The molecule has 0 spiro atoms. The van der Waals surface area contributed by atoms with Crippen molar-refractivity contribution in [2.75, 3.05) is 50.6 Å². The molecule has 1 aromatic heterocycles. The summed E-state index contributed by atoms with van der Waals surface area (Å²) in [4.78, 5) is 37.1. The van der Waals surface area contributed by atoms with E-state index in [1.165, 1.54) is 25.6 Å². The second-order valence-electron chi connectivity index (χ2n) is 10.2. The number of likely N-dealkylation sites (N-methyl/N-ethyl adjacent to an activating group) is 1. The van der Waals surface area contributed by atoms with Crippen LogP contribution in [0.15, 0.2) is 36.7 Å². The van der Waals surface area contributed by atoms with E-state index in [-0.39, 0.29) is 30.2 Å². The Labute approximate surface area is 242 Å². The van der Waals surface area contributed by atoms with E-state index < -0.39 is 4.92 Å². The van der Waals surface area contributed by atoms with Crippen LogP contribution in [-0.4, -0.2) is 72.1 Å². The number of rotatable bonds is 10. The van der Waals surface area contributed by atoms with Crippen LogP contribution in [0.5, 0.6) is 11.5 Å². The van der Waals surface area contributed by atoms with Gasteiger partial charge in [0, 0.05) is 60.7 Å². The van der Waals surface area contributed by atoms with Crippen LogP contribution in [0.4, 0.5) is 23.0 Å².